The number of aliphatic carboxylic acids is 1. The lowest BCUT2D eigenvalue weighted by Crippen LogP contribution is -2.51. The molecule has 1 aromatic carbocycles. The first kappa shape index (κ1) is 17.5. The number of hydrogen-bond acceptors (Lipinski definition) is 2. The van der Waals surface area contributed by atoms with Crippen molar-refractivity contribution in [3.05, 3.63) is 34.3 Å². The molecule has 1 atom stereocenters. The first-order valence-electron chi connectivity index (χ1n) is 6.79. The minimum Gasteiger partial charge on any atom is -0.481 e. The lowest BCUT2D eigenvalue weighted by molar-refractivity contribution is -0.136. The van der Waals surface area contributed by atoms with Crippen LogP contribution in [0.1, 0.15) is 32.8 Å². The summed E-state index contributed by atoms with van der Waals surface area (Å²) in [6.07, 6.45) is -0.0932. The molecule has 1 unspecified atom stereocenters. The number of nitrogens with one attached hydrogen (secondary N) is 2. The summed E-state index contributed by atoms with van der Waals surface area (Å²) in [5.41, 5.74) is 0.461. The fourth-order valence-corrected chi connectivity index (χ4v) is 2.17. The highest BCUT2D eigenvalue weighted by Gasteiger charge is 2.32. The molecule has 116 valence electrons. The van der Waals surface area contributed by atoms with Crippen molar-refractivity contribution in [3.63, 3.8) is 0 Å². The Bertz CT molecular complexity index is 502. The lowest BCUT2D eigenvalue weighted by Gasteiger charge is -2.35. The normalized spacial score (nSPS) is 13.6. The summed E-state index contributed by atoms with van der Waals surface area (Å²) >= 11 is 3.39. The Kier molecular flexibility index (Phi) is 6.20. The average Bonchev–Trinajstić information content (AvgIpc) is 2.38. The van der Waals surface area contributed by atoms with Gasteiger partial charge in [0.25, 0.3) is 0 Å². The quantitative estimate of drug-likeness (QED) is 0.732. The molecule has 0 aliphatic heterocycles. The molecule has 0 fully saturated rings. The second kappa shape index (κ2) is 7.45. The third-order valence-electron chi connectivity index (χ3n) is 3.60. The van der Waals surface area contributed by atoms with Crippen LogP contribution in [0, 0.1) is 5.92 Å². The summed E-state index contributed by atoms with van der Waals surface area (Å²) in [5, 5.41) is 14.1. The van der Waals surface area contributed by atoms with Crippen LogP contribution in [0.15, 0.2) is 28.7 Å². The van der Waals surface area contributed by atoms with Crippen LogP contribution in [0.3, 0.4) is 0 Å². The van der Waals surface area contributed by atoms with Crippen molar-refractivity contribution in [2.24, 2.45) is 5.92 Å². The Morgan fingerprint density at radius 1 is 1.29 bits per heavy atom. The van der Waals surface area contributed by atoms with Crippen molar-refractivity contribution in [1.29, 1.82) is 0 Å². The number of amides is 2. The van der Waals surface area contributed by atoms with E-state index in [1.54, 1.807) is 0 Å². The molecular formula is C15H21BrN2O3. The van der Waals surface area contributed by atoms with Crippen LogP contribution < -0.4 is 10.6 Å². The van der Waals surface area contributed by atoms with Gasteiger partial charge in [-0.2, -0.15) is 0 Å². The molecule has 0 saturated carbocycles. The smallest absolute Gasteiger partial charge is 0.315 e. The zero-order valence-corrected chi connectivity index (χ0v) is 14.0. The van der Waals surface area contributed by atoms with Gasteiger partial charge in [0.15, 0.2) is 0 Å². The summed E-state index contributed by atoms with van der Waals surface area (Å²) < 4.78 is 0.975. The molecule has 5 nitrogen and oxygen atoms in total. The van der Waals surface area contributed by atoms with E-state index < -0.39 is 11.5 Å². The Hall–Kier alpha value is -1.56. The fourth-order valence-electron chi connectivity index (χ4n) is 1.91. The summed E-state index contributed by atoms with van der Waals surface area (Å²) in [4.78, 5) is 22.4. The van der Waals surface area contributed by atoms with Gasteiger partial charge < -0.3 is 15.7 Å². The van der Waals surface area contributed by atoms with Gasteiger partial charge in [0.05, 0.1) is 12.0 Å². The number of urea groups is 1. The van der Waals surface area contributed by atoms with Crippen LogP contribution in [0.4, 0.5) is 4.79 Å². The molecule has 6 heteroatoms. The molecular weight excluding hydrogens is 336 g/mol. The van der Waals surface area contributed by atoms with E-state index in [4.69, 9.17) is 5.11 Å². The molecule has 0 aromatic heterocycles. The van der Waals surface area contributed by atoms with Crippen molar-refractivity contribution >= 4 is 27.9 Å². The van der Waals surface area contributed by atoms with Gasteiger partial charge in [0.2, 0.25) is 0 Å². The summed E-state index contributed by atoms with van der Waals surface area (Å²) in [5.74, 6) is -0.765. The largest absolute Gasteiger partial charge is 0.481 e. The lowest BCUT2D eigenvalue weighted by atomic mass is 9.82. The zero-order chi connectivity index (χ0) is 16.0. The highest BCUT2D eigenvalue weighted by Crippen LogP contribution is 2.30. The highest BCUT2D eigenvalue weighted by molar-refractivity contribution is 9.10. The number of benzene rings is 1. The molecule has 0 saturated heterocycles. The number of rotatable bonds is 6. The predicted octanol–water partition coefficient (Wildman–Crippen LogP) is 3.09. The van der Waals surface area contributed by atoms with Gasteiger partial charge in [-0.05, 0) is 30.5 Å². The van der Waals surface area contributed by atoms with E-state index in [2.05, 4.69) is 26.6 Å². The number of hydrogen-bond donors (Lipinski definition) is 3. The minimum atomic E-state index is -0.935. The maximum atomic E-state index is 12.0. The van der Waals surface area contributed by atoms with Gasteiger partial charge in [0, 0.05) is 11.0 Å². The van der Waals surface area contributed by atoms with E-state index in [9.17, 15) is 9.59 Å². The Labute approximate surface area is 133 Å². The highest BCUT2D eigenvalue weighted by atomic mass is 79.9. The van der Waals surface area contributed by atoms with E-state index in [0.29, 0.717) is 0 Å². The Morgan fingerprint density at radius 3 is 2.33 bits per heavy atom. The Morgan fingerprint density at radius 2 is 1.86 bits per heavy atom. The van der Waals surface area contributed by atoms with Gasteiger partial charge in [-0.15, -0.1) is 0 Å². The average molecular weight is 357 g/mol. The van der Waals surface area contributed by atoms with E-state index >= 15 is 0 Å². The number of carboxylic acids is 1. The van der Waals surface area contributed by atoms with Crippen molar-refractivity contribution in [2.45, 2.75) is 32.7 Å². The molecule has 0 heterocycles. The number of carbonyl (C=O) groups excluding carboxylic acids is 1. The Balaban J connectivity index is 2.79. The predicted molar refractivity (Wildman–Crippen MR) is 85.1 cm³/mol. The molecule has 21 heavy (non-hydrogen) atoms. The van der Waals surface area contributed by atoms with Gasteiger partial charge in [-0.25, -0.2) is 4.79 Å². The summed E-state index contributed by atoms with van der Waals surface area (Å²) in [6.45, 7) is 6.12. The standard InChI is InChI=1S/C15H21BrN2O3/c1-10(2)15(3,11-4-6-12(16)7-5-11)18-14(21)17-9-8-13(19)20/h4-7,10H,8-9H2,1-3H3,(H,19,20)(H2,17,18,21). The maximum Gasteiger partial charge on any atom is 0.315 e. The number of carboxylic acid groups (broad SMARTS) is 1. The van der Waals surface area contributed by atoms with Crippen LogP contribution in [0.2, 0.25) is 0 Å². The van der Waals surface area contributed by atoms with E-state index in [1.807, 2.05) is 45.0 Å². The molecule has 0 aliphatic rings. The second-order valence-corrected chi connectivity index (χ2v) is 6.30. The van der Waals surface area contributed by atoms with Gasteiger partial charge in [-0.3, -0.25) is 4.79 Å². The van der Waals surface area contributed by atoms with Crippen LogP contribution in [-0.4, -0.2) is 23.7 Å². The molecule has 1 rings (SSSR count). The first-order chi connectivity index (χ1) is 9.75. The van der Waals surface area contributed by atoms with Gasteiger partial charge in [-0.1, -0.05) is 41.9 Å². The monoisotopic (exact) mass is 356 g/mol. The minimum absolute atomic E-state index is 0.0932. The van der Waals surface area contributed by atoms with Crippen LogP contribution in [-0.2, 0) is 10.3 Å². The van der Waals surface area contributed by atoms with Crippen molar-refractivity contribution in [2.75, 3.05) is 6.54 Å². The third-order valence-corrected chi connectivity index (χ3v) is 4.12. The second-order valence-electron chi connectivity index (χ2n) is 5.39. The van der Waals surface area contributed by atoms with Crippen molar-refractivity contribution in [1.82, 2.24) is 10.6 Å². The van der Waals surface area contributed by atoms with Crippen LogP contribution in [0.25, 0.3) is 0 Å². The topological polar surface area (TPSA) is 78.4 Å². The van der Waals surface area contributed by atoms with Crippen LogP contribution >= 0.6 is 15.9 Å². The third kappa shape index (κ3) is 5.04. The summed E-state index contributed by atoms with van der Waals surface area (Å²) in [7, 11) is 0. The maximum absolute atomic E-state index is 12.0. The SMILES string of the molecule is CC(C)C(C)(NC(=O)NCCC(=O)O)c1ccc(Br)cc1. The fraction of sp³-hybridized carbons (Fsp3) is 0.467. The molecule has 0 aliphatic carbocycles. The molecule has 2 amide bonds. The van der Waals surface area contributed by atoms with E-state index in [0.717, 1.165) is 10.0 Å². The van der Waals surface area contributed by atoms with Crippen molar-refractivity contribution < 1.29 is 14.7 Å². The number of carbonyl (C=O) groups is 2. The molecule has 0 radical (unpaired) electrons. The van der Waals surface area contributed by atoms with Gasteiger partial charge >= 0.3 is 12.0 Å². The van der Waals surface area contributed by atoms with E-state index in [1.165, 1.54) is 0 Å². The zero-order valence-electron chi connectivity index (χ0n) is 12.4. The summed E-state index contributed by atoms with van der Waals surface area (Å²) in [6, 6.07) is 7.42. The van der Waals surface area contributed by atoms with Gasteiger partial charge in [0.1, 0.15) is 0 Å². The van der Waals surface area contributed by atoms with E-state index in [-0.39, 0.29) is 24.9 Å². The molecule has 0 bridgehead atoms. The molecule has 1 aromatic rings. The first-order valence-corrected chi connectivity index (χ1v) is 7.59. The molecule has 0 spiro atoms. The van der Waals surface area contributed by atoms with Crippen molar-refractivity contribution in [3.8, 4) is 0 Å². The number of halogens is 1. The van der Waals surface area contributed by atoms with Crippen LogP contribution in [0.5, 0.6) is 0 Å². The molecule has 3 N–H and O–H groups in total.